The van der Waals surface area contributed by atoms with Crippen molar-refractivity contribution in [3.05, 3.63) is 38.5 Å². The Morgan fingerprint density at radius 2 is 1.96 bits per heavy atom. The molecule has 0 aliphatic carbocycles. The van der Waals surface area contributed by atoms with E-state index in [1.54, 1.807) is 18.2 Å². The largest absolute Gasteiger partial charge is 0.493 e. The SMILES string of the molecule is COC(=O)c1cc(OCCCN(C)C)cc(-c2cc(Cl)sc2Cl)c1. The summed E-state index contributed by atoms with van der Waals surface area (Å²) in [4.78, 5) is 14.0. The molecule has 0 aliphatic heterocycles. The van der Waals surface area contributed by atoms with E-state index in [2.05, 4.69) is 4.90 Å². The molecule has 4 nitrogen and oxygen atoms in total. The molecule has 0 spiro atoms. The number of benzene rings is 1. The molecule has 1 aromatic heterocycles. The topological polar surface area (TPSA) is 38.8 Å². The van der Waals surface area contributed by atoms with Crippen LogP contribution in [0.5, 0.6) is 5.75 Å². The lowest BCUT2D eigenvalue weighted by Crippen LogP contribution is -2.15. The van der Waals surface area contributed by atoms with E-state index in [-0.39, 0.29) is 0 Å². The predicted octanol–water partition coefficient (Wildman–Crippen LogP) is 4.84. The number of hydrogen-bond donors (Lipinski definition) is 0. The molecule has 0 N–H and O–H groups in total. The fraction of sp³-hybridized carbons (Fsp3) is 0.353. The number of thiophene rings is 1. The Hall–Kier alpha value is -1.27. The number of halogens is 2. The summed E-state index contributed by atoms with van der Waals surface area (Å²) in [7, 11) is 5.37. The summed E-state index contributed by atoms with van der Waals surface area (Å²) in [6.07, 6.45) is 0.885. The van der Waals surface area contributed by atoms with E-state index in [9.17, 15) is 4.79 Å². The smallest absolute Gasteiger partial charge is 0.338 e. The molecule has 0 unspecified atom stereocenters. The highest BCUT2D eigenvalue weighted by atomic mass is 35.5. The van der Waals surface area contributed by atoms with Crippen LogP contribution >= 0.6 is 34.5 Å². The molecule has 0 aliphatic rings. The highest BCUT2D eigenvalue weighted by molar-refractivity contribution is 7.20. The van der Waals surface area contributed by atoms with Gasteiger partial charge in [-0.15, -0.1) is 11.3 Å². The van der Waals surface area contributed by atoms with Crippen LogP contribution in [0.15, 0.2) is 24.3 Å². The molecular weight excluding hydrogens is 369 g/mol. The van der Waals surface area contributed by atoms with E-state index in [1.807, 2.05) is 20.2 Å². The number of carbonyl (C=O) groups excluding carboxylic acids is 1. The minimum absolute atomic E-state index is 0.413. The third-order valence-electron chi connectivity index (χ3n) is 3.31. The molecule has 0 saturated carbocycles. The highest BCUT2D eigenvalue weighted by Crippen LogP contribution is 2.39. The molecule has 1 heterocycles. The third-order valence-corrected chi connectivity index (χ3v) is 4.80. The van der Waals surface area contributed by atoms with Gasteiger partial charge >= 0.3 is 5.97 Å². The van der Waals surface area contributed by atoms with Gasteiger partial charge in [-0.05, 0) is 50.3 Å². The first-order valence-corrected chi connectivity index (χ1v) is 8.94. The van der Waals surface area contributed by atoms with Crippen molar-refractivity contribution in [3.8, 4) is 16.9 Å². The number of nitrogens with zero attached hydrogens (tertiary/aromatic N) is 1. The zero-order valence-electron chi connectivity index (χ0n) is 13.8. The van der Waals surface area contributed by atoms with Gasteiger partial charge in [0.05, 0.1) is 23.6 Å². The van der Waals surface area contributed by atoms with E-state index in [0.717, 1.165) is 24.1 Å². The lowest BCUT2D eigenvalue weighted by molar-refractivity contribution is 0.0600. The Morgan fingerprint density at radius 3 is 2.54 bits per heavy atom. The standard InChI is InChI=1S/C17H19Cl2NO3S/c1-20(2)5-4-6-23-13-8-11(7-12(9-13)17(21)22-3)14-10-15(18)24-16(14)19/h7-10H,4-6H2,1-3H3. The molecular formula is C17H19Cl2NO3S. The van der Waals surface area contributed by atoms with E-state index >= 15 is 0 Å². The second kappa shape index (κ2) is 8.72. The number of rotatable bonds is 7. The number of carbonyl (C=O) groups is 1. The summed E-state index contributed by atoms with van der Waals surface area (Å²) in [5, 5.41) is 0. The van der Waals surface area contributed by atoms with Crippen molar-refractivity contribution >= 4 is 40.5 Å². The van der Waals surface area contributed by atoms with Crippen molar-refractivity contribution in [3.63, 3.8) is 0 Å². The summed E-state index contributed by atoms with van der Waals surface area (Å²) in [6, 6.07) is 7.03. The summed E-state index contributed by atoms with van der Waals surface area (Å²) >= 11 is 13.5. The molecule has 0 saturated heterocycles. The van der Waals surface area contributed by atoms with E-state index in [1.165, 1.54) is 18.4 Å². The summed E-state index contributed by atoms with van der Waals surface area (Å²) in [5.41, 5.74) is 1.96. The molecule has 2 rings (SSSR count). The maximum absolute atomic E-state index is 11.9. The number of esters is 1. The van der Waals surface area contributed by atoms with Gasteiger partial charge in [0, 0.05) is 12.1 Å². The zero-order chi connectivity index (χ0) is 17.7. The second-order valence-corrected chi connectivity index (χ2v) is 7.77. The molecule has 0 fully saturated rings. The summed E-state index contributed by atoms with van der Waals surface area (Å²) in [5.74, 6) is 0.178. The van der Waals surface area contributed by atoms with Gasteiger partial charge in [0.1, 0.15) is 10.1 Å². The van der Waals surface area contributed by atoms with E-state index < -0.39 is 5.97 Å². The Morgan fingerprint density at radius 1 is 1.21 bits per heavy atom. The fourth-order valence-corrected chi connectivity index (χ4v) is 3.69. The lowest BCUT2D eigenvalue weighted by Gasteiger charge is -2.12. The molecule has 0 radical (unpaired) electrons. The number of methoxy groups -OCH3 is 1. The molecule has 0 bridgehead atoms. The van der Waals surface area contributed by atoms with Crippen LogP contribution in [0.25, 0.3) is 11.1 Å². The van der Waals surface area contributed by atoms with Crippen LogP contribution in [-0.2, 0) is 4.74 Å². The maximum Gasteiger partial charge on any atom is 0.338 e. The summed E-state index contributed by atoms with van der Waals surface area (Å²) in [6.45, 7) is 1.48. The third kappa shape index (κ3) is 5.11. The van der Waals surface area contributed by atoms with Gasteiger partial charge in [0.15, 0.2) is 0 Å². The molecule has 0 atom stereocenters. The Labute approximate surface area is 155 Å². The molecule has 130 valence electrons. The van der Waals surface area contributed by atoms with Gasteiger partial charge in [-0.25, -0.2) is 4.79 Å². The fourth-order valence-electron chi connectivity index (χ4n) is 2.18. The van der Waals surface area contributed by atoms with Crippen molar-refractivity contribution in [1.29, 1.82) is 0 Å². The number of hydrogen-bond acceptors (Lipinski definition) is 5. The molecule has 7 heteroatoms. The van der Waals surface area contributed by atoms with Gasteiger partial charge in [-0.1, -0.05) is 23.2 Å². The average Bonchev–Trinajstić information content (AvgIpc) is 2.89. The Bertz CT molecular complexity index is 716. The van der Waals surface area contributed by atoms with Crippen LogP contribution in [0, 0.1) is 0 Å². The minimum Gasteiger partial charge on any atom is -0.493 e. The van der Waals surface area contributed by atoms with E-state index in [4.69, 9.17) is 32.7 Å². The number of ether oxygens (including phenoxy) is 2. The first kappa shape index (κ1) is 19.1. The summed E-state index contributed by atoms with van der Waals surface area (Å²) < 4.78 is 11.8. The van der Waals surface area contributed by atoms with Crippen LogP contribution in [0.4, 0.5) is 0 Å². The Balaban J connectivity index is 2.28. The quantitative estimate of drug-likeness (QED) is 0.503. The second-order valence-electron chi connectivity index (χ2n) is 5.48. The normalized spacial score (nSPS) is 10.9. The van der Waals surface area contributed by atoms with E-state index in [0.29, 0.717) is 26.6 Å². The van der Waals surface area contributed by atoms with Gasteiger partial charge in [0.25, 0.3) is 0 Å². The van der Waals surface area contributed by atoms with Crippen LogP contribution in [0.3, 0.4) is 0 Å². The minimum atomic E-state index is -0.424. The van der Waals surface area contributed by atoms with Crippen LogP contribution in [0.2, 0.25) is 8.67 Å². The van der Waals surface area contributed by atoms with Gasteiger partial charge < -0.3 is 14.4 Å². The van der Waals surface area contributed by atoms with Crippen molar-refractivity contribution in [2.24, 2.45) is 0 Å². The zero-order valence-corrected chi connectivity index (χ0v) is 16.1. The van der Waals surface area contributed by atoms with Gasteiger partial charge in [-0.3, -0.25) is 0 Å². The molecule has 2 aromatic rings. The lowest BCUT2D eigenvalue weighted by atomic mass is 10.1. The highest BCUT2D eigenvalue weighted by Gasteiger charge is 2.14. The molecule has 1 aromatic carbocycles. The maximum atomic E-state index is 11.9. The molecule has 24 heavy (non-hydrogen) atoms. The first-order chi connectivity index (χ1) is 11.4. The van der Waals surface area contributed by atoms with Crippen molar-refractivity contribution < 1.29 is 14.3 Å². The van der Waals surface area contributed by atoms with Gasteiger partial charge in [0.2, 0.25) is 0 Å². The monoisotopic (exact) mass is 387 g/mol. The van der Waals surface area contributed by atoms with Crippen LogP contribution in [0.1, 0.15) is 16.8 Å². The first-order valence-electron chi connectivity index (χ1n) is 7.37. The van der Waals surface area contributed by atoms with Gasteiger partial charge in [-0.2, -0.15) is 0 Å². The Kier molecular flexibility index (Phi) is 6.92. The predicted molar refractivity (Wildman–Crippen MR) is 99.8 cm³/mol. The van der Waals surface area contributed by atoms with Crippen molar-refractivity contribution in [2.75, 3.05) is 34.4 Å². The average molecular weight is 388 g/mol. The van der Waals surface area contributed by atoms with Crippen LogP contribution < -0.4 is 4.74 Å². The van der Waals surface area contributed by atoms with Crippen molar-refractivity contribution in [1.82, 2.24) is 4.90 Å². The van der Waals surface area contributed by atoms with Crippen molar-refractivity contribution in [2.45, 2.75) is 6.42 Å². The molecule has 0 amide bonds. The van der Waals surface area contributed by atoms with Crippen LogP contribution in [-0.4, -0.2) is 45.2 Å².